The molecule has 1 aromatic heterocycles. The van der Waals surface area contributed by atoms with E-state index < -0.39 is 0 Å². The van der Waals surface area contributed by atoms with Gasteiger partial charge in [0.2, 0.25) is 0 Å². The van der Waals surface area contributed by atoms with Crippen molar-refractivity contribution in [1.82, 2.24) is 14.5 Å². The van der Waals surface area contributed by atoms with E-state index >= 15 is 0 Å². The standard InChI is InChI=1S/C14H25N3/c1-11(2)5-7-17-10-15-13-9-16(12(3)4)8-6-14(13)17/h10-12H,5-9H2,1-4H3. The molecule has 0 radical (unpaired) electrons. The molecule has 0 spiro atoms. The molecule has 0 fully saturated rings. The Bertz CT molecular complexity index is 352. The molecule has 0 saturated carbocycles. The van der Waals surface area contributed by atoms with Gasteiger partial charge in [-0.2, -0.15) is 0 Å². The minimum atomic E-state index is 0.629. The van der Waals surface area contributed by atoms with Crippen LogP contribution in [0.2, 0.25) is 0 Å². The van der Waals surface area contributed by atoms with Gasteiger partial charge in [-0.05, 0) is 26.2 Å². The van der Waals surface area contributed by atoms with Gasteiger partial charge in [0.15, 0.2) is 0 Å². The summed E-state index contributed by atoms with van der Waals surface area (Å²) >= 11 is 0. The minimum Gasteiger partial charge on any atom is -0.334 e. The van der Waals surface area contributed by atoms with Gasteiger partial charge in [0.25, 0.3) is 0 Å². The maximum Gasteiger partial charge on any atom is 0.0952 e. The van der Waals surface area contributed by atoms with E-state index in [-0.39, 0.29) is 0 Å². The molecule has 0 aromatic carbocycles. The van der Waals surface area contributed by atoms with Crippen LogP contribution in [0.5, 0.6) is 0 Å². The molecule has 1 aromatic rings. The van der Waals surface area contributed by atoms with E-state index in [0.29, 0.717) is 6.04 Å². The van der Waals surface area contributed by atoms with E-state index in [4.69, 9.17) is 0 Å². The number of hydrogen-bond donors (Lipinski definition) is 0. The average molecular weight is 235 g/mol. The Morgan fingerprint density at radius 2 is 2.06 bits per heavy atom. The Morgan fingerprint density at radius 3 is 2.71 bits per heavy atom. The van der Waals surface area contributed by atoms with Crippen molar-refractivity contribution in [2.75, 3.05) is 6.54 Å². The fourth-order valence-corrected chi connectivity index (χ4v) is 2.42. The highest BCUT2D eigenvalue weighted by molar-refractivity contribution is 5.16. The van der Waals surface area contributed by atoms with E-state index in [0.717, 1.165) is 25.4 Å². The number of hydrogen-bond acceptors (Lipinski definition) is 2. The second-order valence-corrected chi connectivity index (χ2v) is 5.83. The minimum absolute atomic E-state index is 0.629. The summed E-state index contributed by atoms with van der Waals surface area (Å²) in [4.78, 5) is 7.09. The molecular weight excluding hydrogens is 210 g/mol. The molecule has 0 bridgehead atoms. The molecule has 1 aliphatic heterocycles. The molecule has 0 atom stereocenters. The Balaban J connectivity index is 2.05. The van der Waals surface area contributed by atoms with Crippen molar-refractivity contribution in [3.05, 3.63) is 17.7 Å². The highest BCUT2D eigenvalue weighted by atomic mass is 15.2. The summed E-state index contributed by atoms with van der Waals surface area (Å²) in [7, 11) is 0. The van der Waals surface area contributed by atoms with Gasteiger partial charge in [0, 0.05) is 37.8 Å². The number of aromatic nitrogens is 2. The summed E-state index contributed by atoms with van der Waals surface area (Å²) in [6.07, 6.45) is 4.44. The molecule has 3 heteroatoms. The Hall–Kier alpha value is -0.830. The Labute approximate surface area is 105 Å². The number of rotatable bonds is 4. The molecule has 2 heterocycles. The summed E-state index contributed by atoms with van der Waals surface area (Å²) in [5, 5.41) is 0. The van der Waals surface area contributed by atoms with Crippen molar-refractivity contribution in [2.45, 2.75) is 59.7 Å². The summed E-state index contributed by atoms with van der Waals surface area (Å²) in [5.74, 6) is 0.767. The molecule has 3 nitrogen and oxygen atoms in total. The number of nitrogens with zero attached hydrogens (tertiary/aromatic N) is 3. The van der Waals surface area contributed by atoms with Crippen LogP contribution in [0, 0.1) is 5.92 Å². The van der Waals surface area contributed by atoms with Gasteiger partial charge in [0.1, 0.15) is 0 Å². The lowest BCUT2D eigenvalue weighted by atomic mass is 10.1. The lowest BCUT2D eigenvalue weighted by molar-refractivity contribution is 0.198. The molecule has 1 aliphatic rings. The van der Waals surface area contributed by atoms with Crippen LogP contribution in [0.3, 0.4) is 0 Å². The molecule has 0 amide bonds. The van der Waals surface area contributed by atoms with Crippen LogP contribution in [0.4, 0.5) is 0 Å². The van der Waals surface area contributed by atoms with Gasteiger partial charge in [-0.25, -0.2) is 4.98 Å². The summed E-state index contributed by atoms with van der Waals surface area (Å²) in [6, 6.07) is 0.629. The fourth-order valence-electron chi connectivity index (χ4n) is 2.42. The van der Waals surface area contributed by atoms with Gasteiger partial charge < -0.3 is 4.57 Å². The van der Waals surface area contributed by atoms with Crippen molar-refractivity contribution in [1.29, 1.82) is 0 Å². The smallest absolute Gasteiger partial charge is 0.0952 e. The quantitative estimate of drug-likeness (QED) is 0.800. The number of fused-ring (bicyclic) bond motifs is 1. The van der Waals surface area contributed by atoms with Gasteiger partial charge in [-0.3, -0.25) is 4.90 Å². The van der Waals surface area contributed by atoms with Crippen molar-refractivity contribution < 1.29 is 0 Å². The first-order valence-electron chi connectivity index (χ1n) is 6.85. The van der Waals surface area contributed by atoms with Crippen molar-refractivity contribution in [2.24, 2.45) is 5.92 Å². The van der Waals surface area contributed by atoms with Crippen LogP contribution < -0.4 is 0 Å². The van der Waals surface area contributed by atoms with Crippen LogP contribution in [-0.4, -0.2) is 27.0 Å². The SMILES string of the molecule is CC(C)CCn1cnc2c1CCN(C(C)C)C2. The maximum absolute atomic E-state index is 4.59. The third-order valence-corrected chi connectivity index (χ3v) is 3.70. The highest BCUT2D eigenvalue weighted by Crippen LogP contribution is 2.20. The predicted molar refractivity (Wildman–Crippen MR) is 70.9 cm³/mol. The third kappa shape index (κ3) is 2.89. The Kier molecular flexibility index (Phi) is 3.87. The highest BCUT2D eigenvalue weighted by Gasteiger charge is 2.22. The molecule has 2 rings (SSSR count). The molecule has 0 aliphatic carbocycles. The number of imidazole rings is 1. The molecule has 0 unspecified atom stereocenters. The first kappa shape index (κ1) is 12.6. The van der Waals surface area contributed by atoms with E-state index in [1.165, 1.54) is 24.4 Å². The normalized spacial score (nSPS) is 16.8. The van der Waals surface area contributed by atoms with E-state index in [2.05, 4.69) is 42.1 Å². The summed E-state index contributed by atoms with van der Waals surface area (Å²) in [6.45, 7) is 12.4. The van der Waals surface area contributed by atoms with Gasteiger partial charge in [-0.1, -0.05) is 13.8 Å². The van der Waals surface area contributed by atoms with Gasteiger partial charge >= 0.3 is 0 Å². The second kappa shape index (κ2) is 5.21. The first-order valence-corrected chi connectivity index (χ1v) is 6.85. The van der Waals surface area contributed by atoms with E-state index in [9.17, 15) is 0 Å². The lowest BCUT2D eigenvalue weighted by Crippen LogP contribution is -2.36. The molecular formula is C14H25N3. The zero-order chi connectivity index (χ0) is 12.4. The van der Waals surface area contributed by atoms with Crippen LogP contribution >= 0.6 is 0 Å². The third-order valence-electron chi connectivity index (χ3n) is 3.70. The first-order chi connectivity index (χ1) is 8.08. The zero-order valence-corrected chi connectivity index (χ0v) is 11.6. The van der Waals surface area contributed by atoms with Crippen LogP contribution in [0.15, 0.2) is 6.33 Å². The average Bonchev–Trinajstić information content (AvgIpc) is 2.68. The van der Waals surface area contributed by atoms with Gasteiger partial charge in [-0.15, -0.1) is 0 Å². The number of aryl methyl sites for hydroxylation is 1. The molecule has 17 heavy (non-hydrogen) atoms. The summed E-state index contributed by atoms with van der Waals surface area (Å²) < 4.78 is 2.37. The summed E-state index contributed by atoms with van der Waals surface area (Å²) in [5.41, 5.74) is 2.77. The van der Waals surface area contributed by atoms with Crippen molar-refractivity contribution in [3.8, 4) is 0 Å². The van der Waals surface area contributed by atoms with E-state index in [1.54, 1.807) is 0 Å². The largest absolute Gasteiger partial charge is 0.334 e. The van der Waals surface area contributed by atoms with E-state index in [1.807, 2.05) is 6.33 Å². The predicted octanol–water partition coefficient (Wildman–Crippen LogP) is 2.70. The van der Waals surface area contributed by atoms with Crippen LogP contribution in [0.1, 0.15) is 45.5 Å². The molecule has 96 valence electrons. The Morgan fingerprint density at radius 1 is 1.29 bits per heavy atom. The van der Waals surface area contributed by atoms with Crippen molar-refractivity contribution in [3.63, 3.8) is 0 Å². The van der Waals surface area contributed by atoms with Crippen LogP contribution in [0.25, 0.3) is 0 Å². The maximum atomic E-state index is 4.59. The lowest BCUT2D eigenvalue weighted by Gasteiger charge is -2.30. The molecule has 0 saturated heterocycles. The van der Waals surface area contributed by atoms with Crippen molar-refractivity contribution >= 4 is 0 Å². The zero-order valence-electron chi connectivity index (χ0n) is 11.6. The van der Waals surface area contributed by atoms with Crippen LogP contribution in [-0.2, 0) is 19.5 Å². The monoisotopic (exact) mass is 235 g/mol. The van der Waals surface area contributed by atoms with Gasteiger partial charge in [0.05, 0.1) is 12.0 Å². The topological polar surface area (TPSA) is 21.1 Å². The molecule has 0 N–H and O–H groups in total. The fraction of sp³-hybridized carbons (Fsp3) is 0.786. The second-order valence-electron chi connectivity index (χ2n) is 5.83.